The first-order chi connectivity index (χ1) is 8.24. The average molecular weight is 290 g/mol. The molecule has 102 valence electrons. The monoisotopic (exact) mass is 289 g/mol. The Morgan fingerprint density at radius 3 is 2.22 bits per heavy atom. The Morgan fingerprint density at radius 2 is 1.78 bits per heavy atom. The normalized spacial score (nSPS) is 12.4. The van der Waals surface area contributed by atoms with E-state index in [1.54, 1.807) is 24.3 Å². The lowest BCUT2D eigenvalue weighted by Gasteiger charge is -2.24. The molecule has 18 heavy (non-hydrogen) atoms. The minimum absolute atomic E-state index is 0.122. The van der Waals surface area contributed by atoms with Gasteiger partial charge in [0.2, 0.25) is 0 Å². The molecule has 1 N–H and O–H groups in total. The van der Waals surface area contributed by atoms with Crippen LogP contribution in [0.3, 0.4) is 0 Å². The van der Waals surface area contributed by atoms with Crippen LogP contribution in [0.2, 0.25) is 0 Å². The molecule has 3 nitrogen and oxygen atoms in total. The second kappa shape index (κ2) is 5.93. The predicted octanol–water partition coefficient (Wildman–Crippen LogP) is 3.16. The number of hydrogen-bond donors (Lipinski definition) is 1. The fourth-order valence-corrected chi connectivity index (χ4v) is 2.65. The molecule has 0 radical (unpaired) electrons. The van der Waals surface area contributed by atoms with Crippen molar-refractivity contribution in [2.24, 2.45) is 5.41 Å². The number of rotatable bonds is 6. The number of alkyl halides is 1. The third-order valence-corrected chi connectivity index (χ3v) is 4.14. The first-order valence-corrected chi connectivity index (χ1v) is 8.27. The van der Waals surface area contributed by atoms with Crippen molar-refractivity contribution in [2.45, 2.75) is 25.2 Å². The van der Waals surface area contributed by atoms with Gasteiger partial charge in [-0.15, -0.1) is 11.6 Å². The zero-order valence-corrected chi connectivity index (χ0v) is 12.6. The van der Waals surface area contributed by atoms with Crippen LogP contribution in [0.5, 0.6) is 0 Å². The van der Waals surface area contributed by atoms with Gasteiger partial charge in [0.25, 0.3) is 0 Å². The van der Waals surface area contributed by atoms with Gasteiger partial charge in [-0.3, -0.25) is 0 Å². The van der Waals surface area contributed by atoms with Gasteiger partial charge in [0.05, 0.1) is 4.90 Å². The Bertz CT molecular complexity index is 480. The SMILES string of the molecule is CC(C)(CCCl)CNc1ccc(S(C)(=O)=O)cc1. The van der Waals surface area contributed by atoms with Gasteiger partial charge in [0, 0.05) is 24.4 Å². The molecule has 1 aromatic carbocycles. The van der Waals surface area contributed by atoms with Gasteiger partial charge in [-0.25, -0.2) is 8.42 Å². The second-order valence-corrected chi connectivity index (χ2v) is 7.65. The van der Waals surface area contributed by atoms with Crippen molar-refractivity contribution >= 4 is 27.1 Å². The molecule has 0 aliphatic carbocycles. The summed E-state index contributed by atoms with van der Waals surface area (Å²) < 4.78 is 22.6. The van der Waals surface area contributed by atoms with Gasteiger partial charge in [0.15, 0.2) is 9.84 Å². The highest BCUT2D eigenvalue weighted by Gasteiger charge is 2.16. The number of sulfone groups is 1. The van der Waals surface area contributed by atoms with Crippen LogP contribution in [-0.2, 0) is 9.84 Å². The van der Waals surface area contributed by atoms with Gasteiger partial charge in [0.1, 0.15) is 0 Å². The maximum atomic E-state index is 11.3. The first-order valence-electron chi connectivity index (χ1n) is 5.84. The molecule has 0 fully saturated rings. The van der Waals surface area contributed by atoms with Crippen molar-refractivity contribution in [3.63, 3.8) is 0 Å². The number of hydrogen-bond acceptors (Lipinski definition) is 3. The predicted molar refractivity (Wildman–Crippen MR) is 77.2 cm³/mol. The first kappa shape index (κ1) is 15.3. The summed E-state index contributed by atoms with van der Waals surface area (Å²) in [4.78, 5) is 0.341. The Morgan fingerprint density at radius 1 is 1.22 bits per heavy atom. The van der Waals surface area contributed by atoms with Crippen LogP contribution in [0.15, 0.2) is 29.2 Å². The van der Waals surface area contributed by atoms with Crippen LogP contribution in [0.1, 0.15) is 20.3 Å². The summed E-state index contributed by atoms with van der Waals surface area (Å²) in [5, 5.41) is 3.29. The Balaban J connectivity index is 2.65. The van der Waals surface area contributed by atoms with Gasteiger partial charge < -0.3 is 5.32 Å². The minimum Gasteiger partial charge on any atom is -0.385 e. The Kier molecular flexibility index (Phi) is 5.05. The van der Waals surface area contributed by atoms with Gasteiger partial charge in [-0.2, -0.15) is 0 Å². The van der Waals surface area contributed by atoms with E-state index in [2.05, 4.69) is 19.2 Å². The molecule has 0 aliphatic heterocycles. The van der Waals surface area contributed by atoms with Crippen LogP contribution in [0.25, 0.3) is 0 Å². The van der Waals surface area contributed by atoms with E-state index in [9.17, 15) is 8.42 Å². The van der Waals surface area contributed by atoms with Crippen LogP contribution in [0, 0.1) is 5.41 Å². The third kappa shape index (κ3) is 4.86. The topological polar surface area (TPSA) is 46.2 Å². The van der Waals surface area contributed by atoms with Gasteiger partial charge in [-0.1, -0.05) is 13.8 Å². The van der Waals surface area contributed by atoms with Crippen molar-refractivity contribution < 1.29 is 8.42 Å². The molecule has 0 heterocycles. The maximum absolute atomic E-state index is 11.3. The molecule has 5 heteroatoms. The summed E-state index contributed by atoms with van der Waals surface area (Å²) in [6.07, 6.45) is 2.14. The molecule has 1 aromatic rings. The fraction of sp³-hybridized carbons (Fsp3) is 0.538. The maximum Gasteiger partial charge on any atom is 0.175 e. The lowest BCUT2D eigenvalue weighted by atomic mass is 9.90. The molecule has 0 unspecified atom stereocenters. The van der Waals surface area contributed by atoms with E-state index in [1.807, 2.05) is 0 Å². The zero-order valence-electron chi connectivity index (χ0n) is 11.0. The third-order valence-electron chi connectivity index (χ3n) is 2.82. The quantitative estimate of drug-likeness (QED) is 0.818. The standard InChI is InChI=1S/C13H20ClNO2S/c1-13(2,8-9-14)10-15-11-4-6-12(7-5-11)18(3,16)17/h4-7,15H,8-10H2,1-3H3. The highest BCUT2D eigenvalue weighted by atomic mass is 35.5. The summed E-state index contributed by atoms with van der Waals surface area (Å²) in [6, 6.07) is 6.80. The molecule has 0 amide bonds. The Labute approximate surface area is 114 Å². The average Bonchev–Trinajstić information content (AvgIpc) is 2.26. The van der Waals surface area contributed by atoms with E-state index in [0.717, 1.165) is 18.7 Å². The van der Waals surface area contributed by atoms with Gasteiger partial charge in [-0.05, 0) is 36.1 Å². The van der Waals surface area contributed by atoms with E-state index in [0.29, 0.717) is 10.8 Å². The summed E-state index contributed by atoms with van der Waals surface area (Å²) in [5.74, 6) is 0.641. The molecule has 0 aliphatic rings. The molecule has 0 saturated carbocycles. The molecule has 0 aromatic heterocycles. The van der Waals surface area contributed by atoms with Crippen molar-refractivity contribution in [1.82, 2.24) is 0 Å². The lowest BCUT2D eigenvalue weighted by Crippen LogP contribution is -2.23. The number of anilines is 1. The van der Waals surface area contributed by atoms with E-state index >= 15 is 0 Å². The molecule has 0 bridgehead atoms. The van der Waals surface area contributed by atoms with Crippen molar-refractivity contribution in [3.05, 3.63) is 24.3 Å². The van der Waals surface area contributed by atoms with Crippen LogP contribution in [-0.4, -0.2) is 27.1 Å². The zero-order chi connectivity index (χ0) is 13.8. The summed E-state index contributed by atoms with van der Waals surface area (Å²) in [7, 11) is -3.12. The summed E-state index contributed by atoms with van der Waals surface area (Å²) in [5.41, 5.74) is 1.04. The van der Waals surface area contributed by atoms with Crippen LogP contribution >= 0.6 is 11.6 Å². The van der Waals surface area contributed by atoms with Crippen molar-refractivity contribution in [2.75, 3.05) is 24.0 Å². The largest absolute Gasteiger partial charge is 0.385 e. The highest BCUT2D eigenvalue weighted by molar-refractivity contribution is 7.90. The van der Waals surface area contributed by atoms with E-state index in [4.69, 9.17) is 11.6 Å². The molecule has 0 atom stereocenters. The lowest BCUT2D eigenvalue weighted by molar-refractivity contribution is 0.379. The number of halogens is 1. The number of benzene rings is 1. The van der Waals surface area contributed by atoms with Crippen molar-refractivity contribution in [3.8, 4) is 0 Å². The molecule has 1 rings (SSSR count). The van der Waals surface area contributed by atoms with E-state index in [1.165, 1.54) is 6.26 Å². The molecule has 0 spiro atoms. The minimum atomic E-state index is -3.12. The fourth-order valence-electron chi connectivity index (χ4n) is 1.51. The van der Waals surface area contributed by atoms with Crippen LogP contribution < -0.4 is 5.32 Å². The summed E-state index contributed by atoms with van der Waals surface area (Å²) in [6.45, 7) is 5.10. The smallest absolute Gasteiger partial charge is 0.175 e. The van der Waals surface area contributed by atoms with Crippen molar-refractivity contribution in [1.29, 1.82) is 0 Å². The second-order valence-electron chi connectivity index (χ2n) is 5.25. The number of nitrogens with one attached hydrogen (secondary N) is 1. The van der Waals surface area contributed by atoms with E-state index in [-0.39, 0.29) is 5.41 Å². The molecular formula is C13H20ClNO2S. The van der Waals surface area contributed by atoms with E-state index < -0.39 is 9.84 Å². The molecule has 0 saturated heterocycles. The van der Waals surface area contributed by atoms with Gasteiger partial charge >= 0.3 is 0 Å². The Hall–Kier alpha value is -0.740. The van der Waals surface area contributed by atoms with Crippen LogP contribution in [0.4, 0.5) is 5.69 Å². The highest BCUT2D eigenvalue weighted by Crippen LogP contribution is 2.22. The summed E-state index contributed by atoms with van der Waals surface area (Å²) >= 11 is 5.74. The molecular weight excluding hydrogens is 270 g/mol.